The number of anilines is 1. The van der Waals surface area contributed by atoms with Gasteiger partial charge in [-0.05, 0) is 31.9 Å². The van der Waals surface area contributed by atoms with E-state index in [1.807, 2.05) is 25.1 Å². The Labute approximate surface area is 173 Å². The first kappa shape index (κ1) is 21.4. The second-order valence-electron chi connectivity index (χ2n) is 6.90. The average molecular weight is 426 g/mol. The van der Waals surface area contributed by atoms with E-state index in [1.54, 1.807) is 0 Å². The van der Waals surface area contributed by atoms with Gasteiger partial charge in [0.15, 0.2) is 11.7 Å². The highest BCUT2D eigenvalue weighted by Gasteiger charge is 2.33. The predicted octanol–water partition coefficient (Wildman–Crippen LogP) is 3.93. The van der Waals surface area contributed by atoms with Gasteiger partial charge in [-0.1, -0.05) is 18.2 Å². The van der Waals surface area contributed by atoms with Gasteiger partial charge in [-0.3, -0.25) is 4.99 Å². The van der Waals surface area contributed by atoms with Gasteiger partial charge in [0, 0.05) is 49.7 Å². The summed E-state index contributed by atoms with van der Waals surface area (Å²) in [6, 6.07) is 10.6. The molecule has 0 spiro atoms. The van der Waals surface area contributed by atoms with Crippen molar-refractivity contribution in [2.45, 2.75) is 38.4 Å². The highest BCUT2D eigenvalue weighted by Crippen LogP contribution is 2.30. The number of rotatable bonds is 6. The third-order valence-corrected chi connectivity index (χ3v) is 5.57. The Bertz CT molecular complexity index is 791. The number of alkyl halides is 3. The quantitative estimate of drug-likeness (QED) is 0.544. The van der Waals surface area contributed by atoms with E-state index >= 15 is 0 Å². The largest absolute Gasteiger partial charge is 0.434 e. The molecule has 1 unspecified atom stereocenters. The summed E-state index contributed by atoms with van der Waals surface area (Å²) < 4.78 is 38.0. The van der Waals surface area contributed by atoms with Crippen molar-refractivity contribution in [2.75, 3.05) is 31.1 Å². The average Bonchev–Trinajstić information content (AvgIpc) is 3.19. The number of aliphatic imine (C=N–C) groups is 1. The lowest BCUT2D eigenvalue weighted by Crippen LogP contribution is -2.51. The first-order chi connectivity index (χ1) is 14.0. The van der Waals surface area contributed by atoms with Crippen molar-refractivity contribution in [1.29, 1.82) is 0 Å². The number of para-hydroxylation sites is 1. The van der Waals surface area contributed by atoms with Gasteiger partial charge in [0.1, 0.15) is 0 Å². The zero-order chi connectivity index (χ0) is 20.7. The van der Waals surface area contributed by atoms with E-state index in [1.165, 1.54) is 5.69 Å². The fourth-order valence-electron chi connectivity index (χ4n) is 3.30. The SMILES string of the molecule is CCNC(=NCCc1nc(C(F)(F)F)cs1)NC1CCCN(c2ccccc2)C1. The molecule has 158 valence electrons. The number of benzene rings is 1. The summed E-state index contributed by atoms with van der Waals surface area (Å²) in [7, 11) is 0. The van der Waals surface area contributed by atoms with Gasteiger partial charge in [0.25, 0.3) is 0 Å². The molecule has 1 aliphatic heterocycles. The van der Waals surface area contributed by atoms with Crippen molar-refractivity contribution in [3.05, 3.63) is 46.4 Å². The number of nitrogens with one attached hydrogen (secondary N) is 2. The third kappa shape index (κ3) is 6.35. The summed E-state index contributed by atoms with van der Waals surface area (Å²) >= 11 is 1.03. The van der Waals surface area contributed by atoms with Gasteiger partial charge in [-0.25, -0.2) is 4.98 Å². The molecule has 3 rings (SSSR count). The standard InChI is InChI=1S/C20H26F3N5S/c1-2-24-19(25-11-10-18-27-17(14-29-18)20(21,22)23)26-15-7-6-12-28(13-15)16-8-4-3-5-9-16/h3-5,8-9,14-15H,2,6-7,10-13H2,1H3,(H2,24,25,26). The molecule has 1 atom stereocenters. The minimum absolute atomic E-state index is 0.262. The third-order valence-electron chi connectivity index (χ3n) is 4.67. The van der Waals surface area contributed by atoms with Crippen molar-refractivity contribution >= 4 is 23.0 Å². The maximum absolute atomic E-state index is 12.7. The molecule has 1 fully saturated rings. The Morgan fingerprint density at radius 1 is 1.31 bits per heavy atom. The van der Waals surface area contributed by atoms with E-state index in [4.69, 9.17) is 0 Å². The van der Waals surface area contributed by atoms with Crippen LogP contribution in [0.5, 0.6) is 0 Å². The van der Waals surface area contributed by atoms with Crippen LogP contribution in [0.1, 0.15) is 30.5 Å². The van der Waals surface area contributed by atoms with Crippen LogP contribution in [0.2, 0.25) is 0 Å². The monoisotopic (exact) mass is 425 g/mol. The predicted molar refractivity (Wildman–Crippen MR) is 112 cm³/mol. The van der Waals surface area contributed by atoms with Crippen LogP contribution in [0, 0.1) is 0 Å². The molecule has 9 heteroatoms. The Morgan fingerprint density at radius 2 is 2.10 bits per heavy atom. The second-order valence-corrected chi connectivity index (χ2v) is 7.84. The van der Waals surface area contributed by atoms with Crippen LogP contribution >= 0.6 is 11.3 Å². The highest BCUT2D eigenvalue weighted by atomic mass is 32.1. The van der Waals surface area contributed by atoms with Gasteiger partial charge in [-0.15, -0.1) is 11.3 Å². The maximum Gasteiger partial charge on any atom is 0.434 e. The van der Waals surface area contributed by atoms with E-state index < -0.39 is 11.9 Å². The van der Waals surface area contributed by atoms with Crippen LogP contribution in [-0.4, -0.2) is 43.2 Å². The molecule has 2 N–H and O–H groups in total. The van der Waals surface area contributed by atoms with E-state index in [0.717, 1.165) is 49.2 Å². The van der Waals surface area contributed by atoms with Gasteiger partial charge >= 0.3 is 6.18 Å². The second kappa shape index (κ2) is 9.96. The van der Waals surface area contributed by atoms with Gasteiger partial charge in [-0.2, -0.15) is 13.2 Å². The fourth-order valence-corrected chi connectivity index (χ4v) is 4.10. The lowest BCUT2D eigenvalue weighted by Gasteiger charge is -2.35. The number of thiazole rings is 1. The normalized spacial score (nSPS) is 18.0. The zero-order valence-electron chi connectivity index (χ0n) is 16.4. The number of hydrogen-bond donors (Lipinski definition) is 2. The number of piperidine rings is 1. The zero-order valence-corrected chi connectivity index (χ0v) is 17.2. The van der Waals surface area contributed by atoms with Crippen LogP contribution < -0.4 is 15.5 Å². The molecule has 0 amide bonds. The van der Waals surface area contributed by atoms with Crippen molar-refractivity contribution in [3.8, 4) is 0 Å². The summed E-state index contributed by atoms with van der Waals surface area (Å²) in [6.45, 7) is 5.01. The van der Waals surface area contributed by atoms with Gasteiger partial charge < -0.3 is 15.5 Å². The lowest BCUT2D eigenvalue weighted by molar-refractivity contribution is -0.140. The molecule has 2 heterocycles. The molecule has 1 aromatic heterocycles. The maximum atomic E-state index is 12.7. The molecule has 5 nitrogen and oxygen atoms in total. The van der Waals surface area contributed by atoms with E-state index in [9.17, 15) is 13.2 Å². The lowest BCUT2D eigenvalue weighted by atomic mass is 10.1. The Kier molecular flexibility index (Phi) is 7.35. The molecule has 0 aliphatic carbocycles. The molecule has 0 bridgehead atoms. The Hall–Kier alpha value is -2.29. The molecule has 1 aromatic carbocycles. The Morgan fingerprint density at radius 3 is 2.79 bits per heavy atom. The molecule has 2 aromatic rings. The van der Waals surface area contributed by atoms with E-state index in [0.29, 0.717) is 23.9 Å². The highest BCUT2D eigenvalue weighted by molar-refractivity contribution is 7.09. The van der Waals surface area contributed by atoms with Crippen LogP contribution in [0.15, 0.2) is 40.7 Å². The Balaban J connectivity index is 1.55. The van der Waals surface area contributed by atoms with Gasteiger partial charge in [0.05, 0.1) is 5.01 Å². The summed E-state index contributed by atoms with van der Waals surface area (Å²) in [5.41, 5.74) is 0.389. The molecule has 0 radical (unpaired) electrons. The van der Waals surface area contributed by atoms with E-state index in [2.05, 4.69) is 37.6 Å². The number of halogens is 3. The molecular formula is C20H26F3N5S. The molecule has 29 heavy (non-hydrogen) atoms. The summed E-state index contributed by atoms with van der Waals surface area (Å²) in [5.74, 6) is 0.694. The van der Waals surface area contributed by atoms with Crippen molar-refractivity contribution in [2.24, 2.45) is 4.99 Å². The van der Waals surface area contributed by atoms with E-state index in [-0.39, 0.29) is 6.04 Å². The minimum atomic E-state index is -4.39. The topological polar surface area (TPSA) is 52.6 Å². The number of nitrogens with zero attached hydrogens (tertiary/aromatic N) is 3. The van der Waals surface area contributed by atoms with Gasteiger partial charge in [0.2, 0.25) is 0 Å². The number of hydrogen-bond acceptors (Lipinski definition) is 4. The van der Waals surface area contributed by atoms with Crippen LogP contribution in [-0.2, 0) is 12.6 Å². The number of guanidine groups is 1. The van der Waals surface area contributed by atoms with Crippen molar-refractivity contribution in [3.63, 3.8) is 0 Å². The van der Waals surface area contributed by atoms with Crippen LogP contribution in [0.3, 0.4) is 0 Å². The molecule has 1 saturated heterocycles. The smallest absolute Gasteiger partial charge is 0.369 e. The fraction of sp³-hybridized carbons (Fsp3) is 0.500. The summed E-state index contributed by atoms with van der Waals surface area (Å²) in [4.78, 5) is 10.6. The van der Waals surface area contributed by atoms with Crippen molar-refractivity contribution < 1.29 is 13.2 Å². The molecule has 1 aliphatic rings. The first-order valence-electron chi connectivity index (χ1n) is 9.82. The van der Waals surface area contributed by atoms with Crippen molar-refractivity contribution in [1.82, 2.24) is 15.6 Å². The van der Waals surface area contributed by atoms with Crippen LogP contribution in [0.4, 0.5) is 18.9 Å². The summed E-state index contributed by atoms with van der Waals surface area (Å²) in [6.07, 6.45) is -1.86. The minimum Gasteiger partial charge on any atom is -0.369 e. The summed E-state index contributed by atoms with van der Waals surface area (Å²) in [5, 5.41) is 8.20. The molecule has 0 saturated carbocycles. The number of aromatic nitrogens is 1. The molecular weight excluding hydrogens is 399 g/mol. The van der Waals surface area contributed by atoms with Crippen LogP contribution in [0.25, 0.3) is 0 Å². The first-order valence-corrected chi connectivity index (χ1v) is 10.7.